The molecule has 1 atom stereocenters. The molecule has 5 rings (SSSR count). The summed E-state index contributed by atoms with van der Waals surface area (Å²) < 4.78 is 27.8. The number of halogens is 2. The molecule has 0 saturated carbocycles. The minimum atomic E-state index is -0.467. The normalized spacial score (nSPS) is 15.6. The first-order chi connectivity index (χ1) is 17.1. The molecule has 2 heterocycles. The number of carbonyl (C=O) groups excluding carboxylic acids is 1. The van der Waals surface area contributed by atoms with Crippen LogP contribution < -0.4 is 15.5 Å². The molecule has 1 aliphatic rings. The van der Waals surface area contributed by atoms with Crippen molar-refractivity contribution in [3.05, 3.63) is 114 Å². The Balaban J connectivity index is 1.34. The molecule has 0 radical (unpaired) electrons. The zero-order chi connectivity index (χ0) is 24.2. The van der Waals surface area contributed by atoms with Gasteiger partial charge in [0.15, 0.2) is 0 Å². The van der Waals surface area contributed by atoms with E-state index in [4.69, 9.17) is 0 Å². The Bertz CT molecular complexity index is 1310. The number of hydrogen-bond acceptors (Lipinski definition) is 4. The summed E-state index contributed by atoms with van der Waals surface area (Å²) in [7, 11) is 0. The maximum atomic E-state index is 14.2. The Morgan fingerprint density at radius 1 is 0.971 bits per heavy atom. The largest absolute Gasteiger partial charge is 0.362 e. The van der Waals surface area contributed by atoms with Crippen molar-refractivity contribution < 1.29 is 13.6 Å². The highest BCUT2D eigenvalue weighted by atomic mass is 19.1. The minimum Gasteiger partial charge on any atom is -0.362 e. The van der Waals surface area contributed by atoms with Gasteiger partial charge in [0.2, 0.25) is 0 Å². The van der Waals surface area contributed by atoms with Crippen LogP contribution in [-0.4, -0.2) is 30.5 Å². The Labute approximate surface area is 202 Å². The molecule has 35 heavy (non-hydrogen) atoms. The fourth-order valence-corrected chi connectivity index (χ4v) is 4.34. The highest BCUT2D eigenvalue weighted by Gasteiger charge is 2.24. The van der Waals surface area contributed by atoms with Gasteiger partial charge in [0.1, 0.15) is 17.5 Å². The van der Waals surface area contributed by atoms with Crippen molar-refractivity contribution in [2.75, 3.05) is 29.9 Å². The Morgan fingerprint density at radius 2 is 1.77 bits per heavy atom. The first-order valence-corrected chi connectivity index (χ1v) is 11.4. The molecule has 3 aromatic carbocycles. The van der Waals surface area contributed by atoms with E-state index in [2.05, 4.69) is 20.5 Å². The maximum absolute atomic E-state index is 14.2. The molecule has 1 saturated heterocycles. The van der Waals surface area contributed by atoms with E-state index in [1.54, 1.807) is 18.3 Å². The number of pyridine rings is 1. The fourth-order valence-electron chi connectivity index (χ4n) is 4.34. The Hall–Kier alpha value is -4.10. The number of anilines is 2. The minimum absolute atomic E-state index is 0.0587. The standard InChI is InChI=1S/C28H24F2N4O/c29-22-10-13-25(30)24(17-22)19-4-6-20(7-5-19)26-18-31-15-16-34(26)23-11-8-21(9-12-23)28(35)33-27-3-1-2-14-32-27/h1-14,17,26,31H,15-16,18H2,(H,32,33,35). The average Bonchev–Trinajstić information content (AvgIpc) is 2.91. The summed E-state index contributed by atoms with van der Waals surface area (Å²) >= 11 is 0. The molecule has 5 nitrogen and oxygen atoms in total. The fraction of sp³-hybridized carbons (Fsp3) is 0.143. The Kier molecular flexibility index (Phi) is 6.50. The molecule has 0 bridgehead atoms. The number of hydrogen-bond donors (Lipinski definition) is 2. The molecule has 1 unspecified atom stereocenters. The van der Waals surface area contributed by atoms with Crippen molar-refractivity contribution >= 4 is 17.4 Å². The van der Waals surface area contributed by atoms with Gasteiger partial charge >= 0.3 is 0 Å². The van der Waals surface area contributed by atoms with E-state index in [1.807, 2.05) is 54.6 Å². The third-order valence-corrected chi connectivity index (χ3v) is 6.15. The number of piperazine rings is 1. The molecule has 176 valence electrons. The van der Waals surface area contributed by atoms with Gasteiger partial charge in [-0.25, -0.2) is 13.8 Å². The van der Waals surface area contributed by atoms with Crippen molar-refractivity contribution in [1.29, 1.82) is 0 Å². The topological polar surface area (TPSA) is 57.3 Å². The van der Waals surface area contributed by atoms with Gasteiger partial charge < -0.3 is 15.5 Å². The number of nitrogens with zero attached hydrogens (tertiary/aromatic N) is 2. The first kappa shape index (κ1) is 22.7. The first-order valence-electron chi connectivity index (χ1n) is 11.4. The number of nitrogens with one attached hydrogen (secondary N) is 2. The highest BCUT2D eigenvalue weighted by molar-refractivity contribution is 6.03. The third kappa shape index (κ3) is 5.05. The van der Waals surface area contributed by atoms with Crippen LogP contribution in [0.15, 0.2) is 91.1 Å². The molecule has 1 amide bonds. The average molecular weight is 471 g/mol. The summed E-state index contributed by atoms with van der Waals surface area (Å²) in [6.45, 7) is 2.38. The van der Waals surface area contributed by atoms with E-state index in [0.29, 0.717) is 16.9 Å². The lowest BCUT2D eigenvalue weighted by Crippen LogP contribution is -2.46. The second-order valence-corrected chi connectivity index (χ2v) is 8.38. The number of benzene rings is 3. The van der Waals surface area contributed by atoms with Crippen molar-refractivity contribution in [1.82, 2.24) is 10.3 Å². The number of rotatable bonds is 5. The van der Waals surface area contributed by atoms with E-state index in [0.717, 1.165) is 43.0 Å². The monoisotopic (exact) mass is 470 g/mol. The molecule has 0 spiro atoms. The van der Waals surface area contributed by atoms with E-state index in [-0.39, 0.29) is 17.5 Å². The summed E-state index contributed by atoms with van der Waals surface area (Å²) in [5, 5.41) is 6.22. The summed E-state index contributed by atoms with van der Waals surface area (Å²) in [5.41, 5.74) is 3.49. The second-order valence-electron chi connectivity index (χ2n) is 8.38. The molecule has 0 aliphatic carbocycles. The lowest BCUT2D eigenvalue weighted by Gasteiger charge is -2.38. The summed E-state index contributed by atoms with van der Waals surface area (Å²) in [5.74, 6) is -0.629. The molecule has 2 N–H and O–H groups in total. The van der Waals surface area contributed by atoms with Crippen LogP contribution in [0.2, 0.25) is 0 Å². The molecule has 1 aliphatic heterocycles. The van der Waals surface area contributed by atoms with Crippen LogP contribution in [0, 0.1) is 11.6 Å². The zero-order valence-corrected chi connectivity index (χ0v) is 18.9. The van der Waals surface area contributed by atoms with Crippen molar-refractivity contribution in [3.8, 4) is 11.1 Å². The molecular formula is C28H24F2N4O. The van der Waals surface area contributed by atoms with Crippen LogP contribution >= 0.6 is 0 Å². The van der Waals surface area contributed by atoms with Gasteiger partial charge in [-0.3, -0.25) is 4.79 Å². The van der Waals surface area contributed by atoms with Gasteiger partial charge in [-0.1, -0.05) is 30.3 Å². The van der Waals surface area contributed by atoms with E-state index >= 15 is 0 Å². The van der Waals surface area contributed by atoms with E-state index in [9.17, 15) is 13.6 Å². The smallest absolute Gasteiger partial charge is 0.256 e. The number of carbonyl (C=O) groups is 1. The zero-order valence-electron chi connectivity index (χ0n) is 18.9. The van der Waals surface area contributed by atoms with E-state index < -0.39 is 11.6 Å². The maximum Gasteiger partial charge on any atom is 0.256 e. The van der Waals surface area contributed by atoms with Crippen LogP contribution in [0.25, 0.3) is 11.1 Å². The SMILES string of the molecule is O=C(Nc1ccccn1)c1ccc(N2CCNCC2c2ccc(-c3cc(F)ccc3F)cc2)cc1. The Morgan fingerprint density at radius 3 is 2.51 bits per heavy atom. The lowest BCUT2D eigenvalue weighted by atomic mass is 9.98. The molecule has 1 fully saturated rings. The van der Waals surface area contributed by atoms with Gasteiger partial charge in [-0.2, -0.15) is 0 Å². The molecule has 1 aromatic heterocycles. The van der Waals surface area contributed by atoms with Gasteiger partial charge in [-0.05, 0) is 65.7 Å². The summed E-state index contributed by atoms with van der Waals surface area (Å²) in [6, 6.07) is 24.0. The van der Waals surface area contributed by atoms with Gasteiger partial charge in [-0.15, -0.1) is 0 Å². The van der Waals surface area contributed by atoms with Gasteiger partial charge in [0.05, 0.1) is 6.04 Å². The predicted molar refractivity (Wildman–Crippen MR) is 133 cm³/mol. The van der Waals surface area contributed by atoms with Crippen LogP contribution in [-0.2, 0) is 0 Å². The summed E-state index contributed by atoms with van der Waals surface area (Å²) in [6.07, 6.45) is 1.63. The highest BCUT2D eigenvalue weighted by Crippen LogP contribution is 2.31. The molecule has 4 aromatic rings. The van der Waals surface area contributed by atoms with Gasteiger partial charge in [0.25, 0.3) is 5.91 Å². The van der Waals surface area contributed by atoms with Crippen molar-refractivity contribution in [2.45, 2.75) is 6.04 Å². The van der Waals surface area contributed by atoms with Crippen LogP contribution in [0.5, 0.6) is 0 Å². The second kappa shape index (κ2) is 10.0. The number of amides is 1. The molecule has 7 heteroatoms. The summed E-state index contributed by atoms with van der Waals surface area (Å²) in [4.78, 5) is 19.0. The third-order valence-electron chi connectivity index (χ3n) is 6.15. The van der Waals surface area contributed by atoms with Crippen LogP contribution in [0.1, 0.15) is 22.0 Å². The van der Waals surface area contributed by atoms with Gasteiger partial charge in [0, 0.05) is 42.6 Å². The lowest BCUT2D eigenvalue weighted by molar-refractivity contribution is 0.102. The van der Waals surface area contributed by atoms with E-state index in [1.165, 1.54) is 6.07 Å². The number of aromatic nitrogens is 1. The molecular weight excluding hydrogens is 446 g/mol. The predicted octanol–water partition coefficient (Wildman–Crippen LogP) is 5.43. The van der Waals surface area contributed by atoms with Crippen LogP contribution in [0.4, 0.5) is 20.3 Å². The van der Waals surface area contributed by atoms with Crippen molar-refractivity contribution in [2.24, 2.45) is 0 Å². The van der Waals surface area contributed by atoms with Crippen LogP contribution in [0.3, 0.4) is 0 Å². The quantitative estimate of drug-likeness (QED) is 0.408. The van der Waals surface area contributed by atoms with Crippen molar-refractivity contribution in [3.63, 3.8) is 0 Å².